The summed E-state index contributed by atoms with van der Waals surface area (Å²) in [7, 11) is 0. The van der Waals surface area contributed by atoms with Crippen molar-refractivity contribution in [3.05, 3.63) is 51.7 Å². The summed E-state index contributed by atoms with van der Waals surface area (Å²) >= 11 is 5.97. The molecule has 0 radical (unpaired) electrons. The van der Waals surface area contributed by atoms with Crippen molar-refractivity contribution >= 4 is 11.6 Å². The molecule has 0 aliphatic carbocycles. The van der Waals surface area contributed by atoms with Gasteiger partial charge < -0.3 is 9.84 Å². The largest absolute Gasteiger partial charge is 0.438 e. The van der Waals surface area contributed by atoms with Gasteiger partial charge in [0, 0.05) is 16.3 Å². The molecular weight excluding hydrogens is 262 g/mol. The number of ether oxygens (including phenoxy) is 1. The Balaban J connectivity index is 2.45. The van der Waals surface area contributed by atoms with Crippen molar-refractivity contribution < 1.29 is 9.84 Å². The van der Waals surface area contributed by atoms with Crippen LogP contribution in [0.15, 0.2) is 24.3 Å². The average molecular weight is 278 g/mol. The summed E-state index contributed by atoms with van der Waals surface area (Å²) in [5.74, 6) is 1.09. The van der Waals surface area contributed by atoms with Crippen LogP contribution in [-0.2, 0) is 6.61 Å². The minimum Gasteiger partial charge on any atom is -0.438 e. The predicted molar refractivity (Wildman–Crippen MR) is 75.9 cm³/mol. The topological polar surface area (TPSA) is 42.4 Å². The number of aliphatic hydroxyl groups excluding tert-OH is 1. The summed E-state index contributed by atoms with van der Waals surface area (Å²) in [5.41, 5.74) is 3.48. The highest BCUT2D eigenvalue weighted by Crippen LogP contribution is 2.30. The molecule has 0 unspecified atom stereocenters. The van der Waals surface area contributed by atoms with Crippen molar-refractivity contribution in [2.75, 3.05) is 0 Å². The van der Waals surface area contributed by atoms with Gasteiger partial charge in [-0.2, -0.15) is 0 Å². The van der Waals surface area contributed by atoms with Gasteiger partial charge in [0.15, 0.2) is 0 Å². The molecule has 0 atom stereocenters. The Morgan fingerprint density at radius 2 is 1.89 bits per heavy atom. The van der Waals surface area contributed by atoms with Crippen molar-refractivity contribution in [3.8, 4) is 11.6 Å². The zero-order chi connectivity index (χ0) is 14.0. The van der Waals surface area contributed by atoms with Crippen molar-refractivity contribution in [2.45, 2.75) is 27.4 Å². The smallest absolute Gasteiger partial charge is 0.225 e. The molecule has 1 N–H and O–H groups in total. The number of rotatable bonds is 3. The summed E-state index contributed by atoms with van der Waals surface area (Å²) in [6, 6.07) is 7.37. The molecule has 0 amide bonds. The van der Waals surface area contributed by atoms with Crippen LogP contribution in [0.1, 0.15) is 22.4 Å². The first kappa shape index (κ1) is 13.8. The number of hydrogen-bond acceptors (Lipinski definition) is 3. The van der Waals surface area contributed by atoms with Crippen LogP contribution in [0.2, 0.25) is 5.02 Å². The van der Waals surface area contributed by atoms with Crippen LogP contribution in [-0.4, -0.2) is 10.1 Å². The van der Waals surface area contributed by atoms with E-state index in [-0.39, 0.29) is 6.61 Å². The second-order valence-corrected chi connectivity index (χ2v) is 4.97. The normalized spacial score (nSPS) is 10.6. The fourth-order valence-electron chi connectivity index (χ4n) is 1.89. The van der Waals surface area contributed by atoms with Gasteiger partial charge in [0.25, 0.3) is 0 Å². The first-order valence-electron chi connectivity index (χ1n) is 6.03. The average Bonchev–Trinajstić information content (AvgIpc) is 2.33. The minimum absolute atomic E-state index is 0.103. The fourth-order valence-corrected chi connectivity index (χ4v) is 2.06. The van der Waals surface area contributed by atoms with Crippen LogP contribution in [0.25, 0.3) is 0 Å². The lowest BCUT2D eigenvalue weighted by Crippen LogP contribution is -2.00. The van der Waals surface area contributed by atoms with Gasteiger partial charge in [0.2, 0.25) is 5.88 Å². The van der Waals surface area contributed by atoms with Gasteiger partial charge in [-0.3, -0.25) is 0 Å². The van der Waals surface area contributed by atoms with Crippen LogP contribution in [0.5, 0.6) is 11.6 Å². The van der Waals surface area contributed by atoms with Crippen molar-refractivity contribution in [3.63, 3.8) is 0 Å². The zero-order valence-electron chi connectivity index (χ0n) is 11.2. The molecule has 0 aliphatic rings. The van der Waals surface area contributed by atoms with E-state index in [1.165, 1.54) is 0 Å². The summed E-state index contributed by atoms with van der Waals surface area (Å²) in [6.45, 7) is 5.66. The summed E-state index contributed by atoms with van der Waals surface area (Å²) in [5, 5.41) is 10.1. The maximum Gasteiger partial charge on any atom is 0.225 e. The van der Waals surface area contributed by atoms with Crippen molar-refractivity contribution in [2.24, 2.45) is 0 Å². The molecule has 2 rings (SSSR count). The van der Waals surface area contributed by atoms with Gasteiger partial charge >= 0.3 is 0 Å². The van der Waals surface area contributed by atoms with E-state index in [1.807, 2.05) is 39.0 Å². The number of hydrogen-bond donors (Lipinski definition) is 1. The van der Waals surface area contributed by atoms with E-state index in [9.17, 15) is 5.11 Å². The number of nitrogens with zero attached hydrogens (tertiary/aromatic N) is 1. The standard InChI is InChI=1S/C15H16ClNO2/c1-9-4-5-12(16)7-14(9)19-15-13(8-18)10(2)6-11(3)17-15/h4-7,18H,8H2,1-3H3. The molecule has 0 saturated heterocycles. The lowest BCUT2D eigenvalue weighted by atomic mass is 10.1. The molecule has 3 nitrogen and oxygen atoms in total. The summed E-state index contributed by atoms with van der Waals surface area (Å²) in [4.78, 5) is 4.35. The Bertz CT molecular complexity index is 611. The van der Waals surface area contributed by atoms with Crippen LogP contribution in [0.4, 0.5) is 0 Å². The second kappa shape index (κ2) is 5.59. The first-order chi connectivity index (χ1) is 9.01. The van der Waals surface area contributed by atoms with Crippen LogP contribution in [0, 0.1) is 20.8 Å². The lowest BCUT2D eigenvalue weighted by Gasteiger charge is -2.13. The molecule has 1 heterocycles. The monoisotopic (exact) mass is 277 g/mol. The number of pyridine rings is 1. The Kier molecular flexibility index (Phi) is 4.08. The third-order valence-corrected chi connectivity index (χ3v) is 3.19. The van der Waals surface area contributed by atoms with E-state index in [4.69, 9.17) is 16.3 Å². The highest BCUT2D eigenvalue weighted by Gasteiger charge is 2.12. The number of aliphatic hydroxyl groups is 1. The van der Waals surface area contributed by atoms with E-state index in [0.717, 1.165) is 16.8 Å². The molecule has 0 fully saturated rings. The maximum atomic E-state index is 9.45. The molecule has 0 spiro atoms. The third-order valence-electron chi connectivity index (χ3n) is 2.95. The lowest BCUT2D eigenvalue weighted by molar-refractivity contribution is 0.274. The van der Waals surface area contributed by atoms with Gasteiger partial charge in [0.1, 0.15) is 5.75 Å². The van der Waals surface area contributed by atoms with Gasteiger partial charge in [-0.05, 0) is 50.1 Å². The molecule has 2 aromatic rings. The Morgan fingerprint density at radius 1 is 1.16 bits per heavy atom. The van der Waals surface area contributed by atoms with Crippen LogP contribution in [0.3, 0.4) is 0 Å². The minimum atomic E-state index is -0.103. The van der Waals surface area contributed by atoms with Crippen LogP contribution < -0.4 is 4.74 Å². The predicted octanol–water partition coefficient (Wildman–Crippen LogP) is 3.94. The molecule has 0 saturated carbocycles. The first-order valence-corrected chi connectivity index (χ1v) is 6.41. The molecule has 100 valence electrons. The molecule has 1 aromatic carbocycles. The van der Waals surface area contributed by atoms with Crippen molar-refractivity contribution in [1.29, 1.82) is 0 Å². The molecular formula is C15H16ClNO2. The molecule has 19 heavy (non-hydrogen) atoms. The number of benzene rings is 1. The van der Waals surface area contributed by atoms with Gasteiger partial charge in [-0.15, -0.1) is 0 Å². The van der Waals surface area contributed by atoms with E-state index < -0.39 is 0 Å². The molecule has 4 heteroatoms. The quantitative estimate of drug-likeness (QED) is 0.924. The van der Waals surface area contributed by atoms with Crippen molar-refractivity contribution in [1.82, 2.24) is 4.98 Å². The zero-order valence-corrected chi connectivity index (χ0v) is 12.0. The third kappa shape index (κ3) is 3.06. The van der Waals surface area contributed by atoms with E-state index in [2.05, 4.69) is 4.98 Å². The van der Waals surface area contributed by atoms with E-state index in [0.29, 0.717) is 22.2 Å². The van der Waals surface area contributed by atoms with E-state index in [1.54, 1.807) is 6.07 Å². The molecule has 0 aliphatic heterocycles. The number of aromatic nitrogens is 1. The Labute approximate surface area is 117 Å². The maximum absolute atomic E-state index is 9.45. The van der Waals surface area contributed by atoms with E-state index >= 15 is 0 Å². The molecule has 0 bridgehead atoms. The Morgan fingerprint density at radius 3 is 2.58 bits per heavy atom. The Hall–Kier alpha value is -1.58. The number of halogens is 1. The highest BCUT2D eigenvalue weighted by molar-refractivity contribution is 6.30. The van der Waals surface area contributed by atoms with Gasteiger partial charge in [0.05, 0.1) is 6.61 Å². The molecule has 1 aromatic heterocycles. The second-order valence-electron chi connectivity index (χ2n) is 4.53. The summed E-state index contributed by atoms with van der Waals surface area (Å²) < 4.78 is 5.82. The van der Waals surface area contributed by atoms with Crippen LogP contribution >= 0.6 is 11.6 Å². The van der Waals surface area contributed by atoms with Gasteiger partial charge in [-0.1, -0.05) is 17.7 Å². The SMILES string of the molecule is Cc1cc(C)c(CO)c(Oc2cc(Cl)ccc2C)n1. The fraction of sp³-hybridized carbons (Fsp3) is 0.267. The number of aryl methyl sites for hydroxylation is 3. The highest BCUT2D eigenvalue weighted by atomic mass is 35.5. The van der Waals surface area contributed by atoms with Gasteiger partial charge in [-0.25, -0.2) is 4.98 Å². The summed E-state index contributed by atoms with van der Waals surface area (Å²) in [6.07, 6.45) is 0.